The molecule has 0 saturated heterocycles. The van der Waals surface area contributed by atoms with Crippen LogP contribution in [-0.2, 0) is 11.3 Å². The van der Waals surface area contributed by atoms with Crippen molar-refractivity contribution in [2.24, 2.45) is 0 Å². The quantitative estimate of drug-likeness (QED) is 0.600. The van der Waals surface area contributed by atoms with E-state index in [1.807, 2.05) is 42.6 Å². The molecule has 0 unspecified atom stereocenters. The third-order valence-electron chi connectivity index (χ3n) is 3.67. The molecule has 26 heavy (non-hydrogen) atoms. The zero-order valence-corrected chi connectivity index (χ0v) is 16.0. The van der Waals surface area contributed by atoms with Gasteiger partial charge in [-0.05, 0) is 36.4 Å². The lowest BCUT2D eigenvalue weighted by molar-refractivity contribution is -0.122. The summed E-state index contributed by atoms with van der Waals surface area (Å²) in [6, 6.07) is 13.9. The molecule has 136 valence electrons. The number of anilines is 1. The molecule has 0 atom stereocenters. The SMILES string of the molecule is COc1ccc(CNc2ccnc3ccc(Br)cc23)c(OC)c1.O=CO. The van der Waals surface area contributed by atoms with Crippen LogP contribution in [0.3, 0.4) is 0 Å². The molecular formula is C19H19BrN2O4. The first-order chi connectivity index (χ1) is 12.6. The van der Waals surface area contributed by atoms with E-state index in [1.54, 1.807) is 14.2 Å². The lowest BCUT2D eigenvalue weighted by Crippen LogP contribution is -2.03. The summed E-state index contributed by atoms with van der Waals surface area (Å²) in [5.41, 5.74) is 3.06. The molecule has 2 aromatic carbocycles. The van der Waals surface area contributed by atoms with Crippen LogP contribution in [0.2, 0.25) is 0 Å². The molecule has 0 amide bonds. The Labute approximate surface area is 159 Å². The molecule has 7 heteroatoms. The van der Waals surface area contributed by atoms with Gasteiger partial charge >= 0.3 is 0 Å². The van der Waals surface area contributed by atoms with Crippen molar-refractivity contribution in [2.45, 2.75) is 6.54 Å². The summed E-state index contributed by atoms with van der Waals surface area (Å²) in [6.07, 6.45) is 1.81. The van der Waals surface area contributed by atoms with E-state index in [1.165, 1.54) is 0 Å². The van der Waals surface area contributed by atoms with Crippen LogP contribution in [0.1, 0.15) is 5.56 Å². The van der Waals surface area contributed by atoms with Gasteiger partial charge in [0.2, 0.25) is 0 Å². The maximum absolute atomic E-state index is 8.36. The van der Waals surface area contributed by atoms with Crippen molar-refractivity contribution < 1.29 is 19.4 Å². The summed E-state index contributed by atoms with van der Waals surface area (Å²) in [5.74, 6) is 1.58. The fourth-order valence-corrected chi connectivity index (χ4v) is 2.82. The zero-order chi connectivity index (χ0) is 18.9. The van der Waals surface area contributed by atoms with Crippen molar-refractivity contribution in [3.63, 3.8) is 0 Å². The van der Waals surface area contributed by atoms with Crippen LogP contribution < -0.4 is 14.8 Å². The first kappa shape index (κ1) is 19.5. The number of nitrogens with zero attached hydrogens (tertiary/aromatic N) is 1. The van der Waals surface area contributed by atoms with Crippen molar-refractivity contribution in [3.05, 3.63) is 58.7 Å². The minimum absolute atomic E-state index is 0.250. The summed E-state index contributed by atoms with van der Waals surface area (Å²) in [4.78, 5) is 12.8. The molecule has 0 saturated carbocycles. The van der Waals surface area contributed by atoms with E-state index in [0.29, 0.717) is 6.54 Å². The molecule has 0 aliphatic rings. The largest absolute Gasteiger partial charge is 0.497 e. The van der Waals surface area contributed by atoms with Crippen LogP contribution in [0.25, 0.3) is 10.9 Å². The molecular weight excluding hydrogens is 400 g/mol. The highest BCUT2D eigenvalue weighted by Gasteiger charge is 2.07. The standard InChI is InChI=1S/C18H17BrN2O2.CH2O2/c1-22-14-5-3-12(18(10-14)23-2)11-21-17-7-8-20-16-6-4-13(19)9-15(16)17;2-1-3/h3-10H,11H2,1-2H3,(H,20,21);1H,(H,2,3). The predicted octanol–water partition coefficient (Wildman–Crippen LogP) is 4.33. The number of pyridine rings is 1. The number of aromatic nitrogens is 1. The fraction of sp³-hybridized carbons (Fsp3) is 0.158. The Bertz CT molecular complexity index is 887. The van der Waals surface area contributed by atoms with Crippen molar-refractivity contribution in [2.75, 3.05) is 19.5 Å². The summed E-state index contributed by atoms with van der Waals surface area (Å²) in [6.45, 7) is 0.402. The van der Waals surface area contributed by atoms with E-state index in [4.69, 9.17) is 19.4 Å². The average Bonchev–Trinajstić information content (AvgIpc) is 2.66. The smallest absolute Gasteiger partial charge is 0.290 e. The molecule has 0 aliphatic carbocycles. The highest BCUT2D eigenvalue weighted by atomic mass is 79.9. The van der Waals surface area contributed by atoms with Crippen molar-refractivity contribution >= 4 is 39.0 Å². The van der Waals surface area contributed by atoms with Gasteiger partial charge in [-0.15, -0.1) is 0 Å². The number of rotatable bonds is 5. The molecule has 3 aromatic rings. The molecule has 0 bridgehead atoms. The monoisotopic (exact) mass is 418 g/mol. The fourth-order valence-electron chi connectivity index (χ4n) is 2.46. The second-order valence-electron chi connectivity index (χ2n) is 5.16. The minimum Gasteiger partial charge on any atom is -0.497 e. The maximum atomic E-state index is 8.36. The third kappa shape index (κ3) is 4.86. The number of benzene rings is 2. The van der Waals surface area contributed by atoms with Gasteiger partial charge in [0, 0.05) is 39.9 Å². The van der Waals surface area contributed by atoms with Crippen LogP contribution >= 0.6 is 15.9 Å². The number of methoxy groups -OCH3 is 2. The van der Waals surface area contributed by atoms with Crippen LogP contribution in [0.5, 0.6) is 11.5 Å². The number of carboxylic acid groups (broad SMARTS) is 1. The van der Waals surface area contributed by atoms with Crippen LogP contribution in [0.4, 0.5) is 5.69 Å². The molecule has 3 rings (SSSR count). The predicted molar refractivity (Wildman–Crippen MR) is 105 cm³/mol. The van der Waals surface area contributed by atoms with E-state index < -0.39 is 0 Å². The minimum atomic E-state index is -0.250. The topological polar surface area (TPSA) is 80.7 Å². The summed E-state index contributed by atoms with van der Waals surface area (Å²) in [5, 5.41) is 11.4. The number of nitrogens with one attached hydrogen (secondary N) is 1. The second kappa shape index (κ2) is 9.62. The molecule has 1 heterocycles. The Morgan fingerprint density at radius 2 is 1.92 bits per heavy atom. The first-order valence-electron chi connectivity index (χ1n) is 7.69. The van der Waals surface area contributed by atoms with Crippen molar-refractivity contribution in [3.8, 4) is 11.5 Å². The summed E-state index contributed by atoms with van der Waals surface area (Å²) >= 11 is 3.51. The molecule has 0 radical (unpaired) electrons. The van der Waals surface area contributed by atoms with Gasteiger partial charge in [0.05, 0.1) is 19.7 Å². The molecule has 6 nitrogen and oxygen atoms in total. The van der Waals surface area contributed by atoms with E-state index in [0.717, 1.165) is 38.1 Å². The highest BCUT2D eigenvalue weighted by Crippen LogP contribution is 2.28. The van der Waals surface area contributed by atoms with Gasteiger partial charge in [-0.2, -0.15) is 0 Å². The van der Waals surface area contributed by atoms with Crippen molar-refractivity contribution in [1.82, 2.24) is 4.98 Å². The third-order valence-corrected chi connectivity index (χ3v) is 4.16. The van der Waals surface area contributed by atoms with Crippen LogP contribution in [0, 0.1) is 0 Å². The van der Waals surface area contributed by atoms with Gasteiger partial charge in [-0.3, -0.25) is 9.78 Å². The average molecular weight is 419 g/mol. The Morgan fingerprint density at radius 1 is 1.15 bits per heavy atom. The van der Waals surface area contributed by atoms with Gasteiger partial charge in [0.25, 0.3) is 6.47 Å². The first-order valence-corrected chi connectivity index (χ1v) is 8.49. The summed E-state index contributed by atoms with van der Waals surface area (Å²) in [7, 11) is 3.31. The van der Waals surface area contributed by atoms with E-state index >= 15 is 0 Å². The van der Waals surface area contributed by atoms with E-state index in [9.17, 15) is 0 Å². The Hall–Kier alpha value is -2.80. The number of hydrogen-bond acceptors (Lipinski definition) is 5. The van der Waals surface area contributed by atoms with E-state index in [-0.39, 0.29) is 6.47 Å². The van der Waals surface area contributed by atoms with Gasteiger partial charge in [0.1, 0.15) is 11.5 Å². The molecule has 0 fully saturated rings. The van der Waals surface area contributed by atoms with Crippen LogP contribution in [-0.4, -0.2) is 30.8 Å². The maximum Gasteiger partial charge on any atom is 0.290 e. The lowest BCUT2D eigenvalue weighted by atomic mass is 10.1. The molecule has 2 N–H and O–H groups in total. The zero-order valence-electron chi connectivity index (χ0n) is 14.4. The van der Waals surface area contributed by atoms with Gasteiger partial charge < -0.3 is 19.9 Å². The molecule has 1 aromatic heterocycles. The summed E-state index contributed by atoms with van der Waals surface area (Å²) < 4.78 is 11.7. The molecule has 0 spiro atoms. The Balaban J connectivity index is 0.000000758. The second-order valence-corrected chi connectivity index (χ2v) is 6.07. The van der Waals surface area contributed by atoms with Gasteiger partial charge in [0.15, 0.2) is 0 Å². The van der Waals surface area contributed by atoms with Crippen molar-refractivity contribution in [1.29, 1.82) is 0 Å². The van der Waals surface area contributed by atoms with Gasteiger partial charge in [-0.25, -0.2) is 0 Å². The Kier molecular flexibility index (Phi) is 7.23. The lowest BCUT2D eigenvalue weighted by Gasteiger charge is -2.13. The number of hydrogen-bond donors (Lipinski definition) is 2. The molecule has 0 aliphatic heterocycles. The Morgan fingerprint density at radius 3 is 2.62 bits per heavy atom. The highest BCUT2D eigenvalue weighted by molar-refractivity contribution is 9.10. The number of ether oxygens (including phenoxy) is 2. The normalized spacial score (nSPS) is 9.81. The van der Waals surface area contributed by atoms with Gasteiger partial charge in [-0.1, -0.05) is 15.9 Å². The van der Waals surface area contributed by atoms with E-state index in [2.05, 4.69) is 32.3 Å². The number of carbonyl (C=O) groups is 1. The van der Waals surface area contributed by atoms with Crippen LogP contribution in [0.15, 0.2) is 53.1 Å². The number of fused-ring (bicyclic) bond motifs is 1. The number of halogens is 1.